The number of aryl methyl sites for hydroxylation is 1. The average Bonchev–Trinajstić information content (AvgIpc) is 3.60. The minimum atomic E-state index is 0.426. The van der Waals surface area contributed by atoms with Gasteiger partial charge in [0.2, 0.25) is 11.8 Å². The van der Waals surface area contributed by atoms with E-state index in [4.69, 9.17) is 9.72 Å². The predicted molar refractivity (Wildman–Crippen MR) is 192 cm³/mol. The molecule has 1 aliphatic heterocycles. The van der Waals surface area contributed by atoms with Crippen molar-refractivity contribution < 1.29 is 9.31 Å². The quantitative estimate of drug-likeness (QED) is 0.0942. The van der Waals surface area contributed by atoms with Crippen molar-refractivity contribution in [2.45, 2.75) is 52.0 Å². The molecule has 2 atom stereocenters. The molecule has 2 unspecified atom stereocenters. The Labute approximate surface area is 289 Å². The molecule has 1 saturated heterocycles. The lowest BCUT2D eigenvalue weighted by atomic mass is 10.0. The minimum Gasteiger partial charge on any atom is -0.381 e. The molecule has 0 radical (unpaired) electrons. The Kier molecular flexibility index (Phi) is 11.3. The Bertz CT molecular complexity index is 1770. The topological polar surface area (TPSA) is 129 Å². The maximum Gasteiger partial charge on any atom is 0.267 e. The Morgan fingerprint density at radius 1 is 1.02 bits per heavy atom. The van der Waals surface area contributed by atoms with Crippen LogP contribution >= 0.6 is 0 Å². The van der Waals surface area contributed by atoms with Crippen LogP contribution in [0.1, 0.15) is 56.6 Å². The molecule has 2 fully saturated rings. The Balaban J connectivity index is 1.14. The summed E-state index contributed by atoms with van der Waals surface area (Å²) in [5, 5.41) is 24.3. The van der Waals surface area contributed by atoms with E-state index >= 15 is 0 Å². The van der Waals surface area contributed by atoms with E-state index in [1.165, 1.54) is 11.3 Å². The van der Waals surface area contributed by atoms with Crippen LogP contribution in [-0.2, 0) is 18.3 Å². The first-order valence-corrected chi connectivity index (χ1v) is 17.4. The highest BCUT2D eigenvalue weighted by Gasteiger charge is 2.49. The van der Waals surface area contributed by atoms with E-state index in [-0.39, 0.29) is 0 Å². The summed E-state index contributed by atoms with van der Waals surface area (Å²) in [7, 11) is 1.92. The molecule has 6 rings (SSSR count). The molecule has 4 aromatic rings. The normalized spacial score (nSPS) is 18.4. The molecule has 1 aliphatic carbocycles. The van der Waals surface area contributed by atoms with Crippen molar-refractivity contribution in [2.75, 3.05) is 36.9 Å². The molecule has 2 aliphatic rings. The molecular formula is C38H47N10O+. The SMILES string of the molecule is C=C(NCc1ccccc1)/[N+](=C1/C(CCC)C1CCCNc1ncc(C#N)c(NCC2CCOCC2)n1)c1ccc(-c2cnn(C)c2)cn1. The molecule has 1 saturated carbocycles. The van der Waals surface area contributed by atoms with E-state index in [0.29, 0.717) is 41.6 Å². The largest absolute Gasteiger partial charge is 0.381 e. The molecule has 0 bridgehead atoms. The number of hydrogen-bond acceptors (Lipinski definition) is 9. The maximum atomic E-state index is 9.61. The van der Waals surface area contributed by atoms with Crippen molar-refractivity contribution in [2.24, 2.45) is 24.8 Å². The molecule has 254 valence electrons. The van der Waals surface area contributed by atoms with E-state index in [1.807, 2.05) is 31.7 Å². The van der Waals surface area contributed by atoms with Crippen LogP contribution < -0.4 is 16.0 Å². The van der Waals surface area contributed by atoms with Crippen molar-refractivity contribution in [3.63, 3.8) is 0 Å². The summed E-state index contributed by atoms with van der Waals surface area (Å²) >= 11 is 0. The lowest BCUT2D eigenvalue weighted by Gasteiger charge is -2.22. The van der Waals surface area contributed by atoms with Crippen molar-refractivity contribution in [1.82, 2.24) is 30.0 Å². The van der Waals surface area contributed by atoms with Crippen LogP contribution in [0.5, 0.6) is 0 Å². The van der Waals surface area contributed by atoms with E-state index in [9.17, 15) is 5.26 Å². The predicted octanol–water partition coefficient (Wildman–Crippen LogP) is 6.27. The fourth-order valence-corrected chi connectivity index (χ4v) is 6.66. The standard InChI is InChI=1S/C38H47N10O/c1-4-9-33-34(12-8-17-40-38-44-24-31(20-39)37(46-38)43-22-29-15-18-49-19-16-29)36(33)48(27(2)41-21-28-10-6-5-7-11-28)35-14-13-30(23-42-35)32-25-45-47(3)26-32/h5-7,10-11,13-14,23-26,29,33-34,41H,2,4,8-9,12,15-19,21-22H2,1,3H3,(H2,40,43,44,46)/q+1/b48-36+. The van der Waals surface area contributed by atoms with Gasteiger partial charge in [0.25, 0.3) is 5.82 Å². The van der Waals surface area contributed by atoms with E-state index in [2.05, 4.69) is 91.6 Å². The molecule has 49 heavy (non-hydrogen) atoms. The summed E-state index contributed by atoms with van der Waals surface area (Å²) in [6.45, 7) is 10.5. The summed E-state index contributed by atoms with van der Waals surface area (Å²) in [6, 6.07) is 16.8. The van der Waals surface area contributed by atoms with Crippen LogP contribution in [0.25, 0.3) is 11.1 Å². The van der Waals surface area contributed by atoms with Gasteiger partial charge in [-0.25, -0.2) is 9.56 Å². The van der Waals surface area contributed by atoms with Gasteiger partial charge in [-0.1, -0.05) is 43.7 Å². The number of pyridine rings is 1. The summed E-state index contributed by atoms with van der Waals surface area (Å²) < 4.78 is 9.53. The van der Waals surface area contributed by atoms with Crippen LogP contribution in [0.3, 0.4) is 0 Å². The second-order valence-electron chi connectivity index (χ2n) is 12.9. The van der Waals surface area contributed by atoms with Gasteiger partial charge in [-0.15, -0.1) is 4.98 Å². The van der Waals surface area contributed by atoms with E-state index < -0.39 is 0 Å². The van der Waals surface area contributed by atoms with Crippen LogP contribution in [0.15, 0.2) is 79.7 Å². The van der Waals surface area contributed by atoms with Gasteiger partial charge in [0, 0.05) is 68.6 Å². The number of aromatic nitrogens is 5. The van der Waals surface area contributed by atoms with Crippen molar-refractivity contribution in [1.29, 1.82) is 5.26 Å². The summed E-state index contributed by atoms with van der Waals surface area (Å²) in [6.07, 6.45) is 13.6. The van der Waals surface area contributed by atoms with Crippen molar-refractivity contribution >= 4 is 23.3 Å². The van der Waals surface area contributed by atoms with E-state index in [1.54, 1.807) is 10.9 Å². The van der Waals surface area contributed by atoms with Crippen LogP contribution in [0.4, 0.5) is 17.6 Å². The van der Waals surface area contributed by atoms with Crippen LogP contribution in [0, 0.1) is 29.1 Å². The first-order valence-electron chi connectivity index (χ1n) is 17.4. The Morgan fingerprint density at radius 2 is 1.84 bits per heavy atom. The number of ether oxygens (including phenoxy) is 1. The van der Waals surface area contributed by atoms with Gasteiger partial charge in [0.15, 0.2) is 0 Å². The zero-order valence-electron chi connectivity index (χ0n) is 28.6. The average molecular weight is 660 g/mol. The molecule has 4 heterocycles. The fraction of sp³-hybridized carbons (Fsp3) is 0.421. The highest BCUT2D eigenvalue weighted by molar-refractivity contribution is 6.01. The second-order valence-corrected chi connectivity index (χ2v) is 12.9. The number of anilines is 2. The number of nitrogens with one attached hydrogen (secondary N) is 3. The molecule has 11 heteroatoms. The van der Waals surface area contributed by atoms with Gasteiger partial charge < -0.3 is 20.7 Å². The number of nitriles is 1. The minimum absolute atomic E-state index is 0.426. The van der Waals surface area contributed by atoms with Gasteiger partial charge in [0.1, 0.15) is 23.6 Å². The third-order valence-corrected chi connectivity index (χ3v) is 9.40. The third kappa shape index (κ3) is 8.69. The monoisotopic (exact) mass is 659 g/mol. The summed E-state index contributed by atoms with van der Waals surface area (Å²) in [5.74, 6) is 4.23. The zero-order chi connectivity index (χ0) is 34.0. The number of benzene rings is 1. The second kappa shape index (κ2) is 16.3. The van der Waals surface area contributed by atoms with Gasteiger partial charge in [0.05, 0.1) is 24.7 Å². The highest BCUT2D eigenvalue weighted by atomic mass is 16.5. The molecular weight excluding hydrogens is 612 g/mol. The first-order chi connectivity index (χ1) is 24.0. The molecule has 0 amide bonds. The molecule has 3 N–H and O–H groups in total. The van der Waals surface area contributed by atoms with Crippen LogP contribution in [0.2, 0.25) is 0 Å². The van der Waals surface area contributed by atoms with Gasteiger partial charge in [-0.05, 0) is 56.2 Å². The van der Waals surface area contributed by atoms with Crippen molar-refractivity contribution in [3.05, 3.63) is 90.8 Å². The highest BCUT2D eigenvalue weighted by Crippen LogP contribution is 2.44. The fourth-order valence-electron chi connectivity index (χ4n) is 6.66. The lowest BCUT2D eigenvalue weighted by Crippen LogP contribution is -2.23. The number of nitrogens with zero attached hydrogens (tertiary/aromatic N) is 7. The summed E-state index contributed by atoms with van der Waals surface area (Å²) in [4.78, 5) is 14.0. The smallest absolute Gasteiger partial charge is 0.267 e. The van der Waals surface area contributed by atoms with Crippen LogP contribution in [-0.4, -0.2) is 61.3 Å². The molecule has 3 aromatic heterocycles. The number of rotatable bonds is 16. The maximum absolute atomic E-state index is 9.61. The summed E-state index contributed by atoms with van der Waals surface area (Å²) in [5.41, 5.74) is 5.09. The van der Waals surface area contributed by atoms with E-state index in [0.717, 1.165) is 87.6 Å². The molecule has 0 spiro atoms. The molecule has 11 nitrogen and oxygen atoms in total. The molecule has 1 aromatic carbocycles. The van der Waals surface area contributed by atoms with Gasteiger partial charge >= 0.3 is 0 Å². The first kappa shape index (κ1) is 33.8. The lowest BCUT2D eigenvalue weighted by molar-refractivity contribution is -0.394. The Morgan fingerprint density at radius 3 is 2.55 bits per heavy atom. The van der Waals surface area contributed by atoms with Gasteiger partial charge in [-0.3, -0.25) is 4.68 Å². The zero-order valence-corrected chi connectivity index (χ0v) is 28.6. The Hall–Kier alpha value is -5.08. The van der Waals surface area contributed by atoms with Crippen molar-refractivity contribution in [3.8, 4) is 17.2 Å². The van der Waals surface area contributed by atoms with Gasteiger partial charge in [-0.2, -0.15) is 15.3 Å². The third-order valence-electron chi connectivity index (χ3n) is 9.40. The number of hydrogen-bond donors (Lipinski definition) is 3.